The lowest BCUT2D eigenvalue weighted by Crippen LogP contribution is -2.42. The van der Waals surface area contributed by atoms with Gasteiger partial charge in [0.15, 0.2) is 0 Å². The Kier molecular flexibility index (Phi) is 7.00. The maximum atomic E-state index is 12.4. The zero-order valence-corrected chi connectivity index (χ0v) is 18.1. The van der Waals surface area contributed by atoms with Crippen molar-refractivity contribution in [1.82, 2.24) is 20.3 Å². The summed E-state index contributed by atoms with van der Waals surface area (Å²) in [5.41, 5.74) is 3.82. The van der Waals surface area contributed by atoms with E-state index in [1.807, 2.05) is 7.05 Å². The van der Waals surface area contributed by atoms with Crippen molar-refractivity contribution in [2.75, 3.05) is 37.5 Å². The van der Waals surface area contributed by atoms with E-state index in [-0.39, 0.29) is 28.3 Å². The van der Waals surface area contributed by atoms with Crippen molar-refractivity contribution in [2.24, 2.45) is 0 Å². The van der Waals surface area contributed by atoms with Crippen molar-refractivity contribution in [3.8, 4) is 0 Å². The number of hydrogen-bond donors (Lipinski definition) is 2. The molecule has 1 fully saturated rings. The minimum Gasteiger partial charge on any atom is -0.351 e. The number of carbonyl (C=O) groups excluding carboxylic acids is 1. The highest BCUT2D eigenvalue weighted by Gasteiger charge is 2.30. The number of carbonyl (C=O) groups is 1. The van der Waals surface area contributed by atoms with Gasteiger partial charge in [0.05, 0.1) is 9.85 Å². The first-order chi connectivity index (χ1) is 15.2. The number of aromatic nitrogens is 2. The lowest BCUT2D eigenvalue weighted by atomic mass is 10.0. The van der Waals surface area contributed by atoms with Crippen molar-refractivity contribution in [3.63, 3.8) is 0 Å². The summed E-state index contributed by atoms with van der Waals surface area (Å²) < 4.78 is 0. The Bertz CT molecular complexity index is 1040. The van der Waals surface area contributed by atoms with E-state index in [9.17, 15) is 25.0 Å². The number of rotatable bonds is 7. The van der Waals surface area contributed by atoms with E-state index >= 15 is 0 Å². The Morgan fingerprint density at radius 2 is 1.91 bits per heavy atom. The van der Waals surface area contributed by atoms with Crippen molar-refractivity contribution < 1.29 is 14.6 Å². The molecule has 0 saturated carbocycles. The Balaban J connectivity index is 1.80. The molecule has 1 aliphatic rings. The minimum atomic E-state index is -0.761. The van der Waals surface area contributed by atoms with Gasteiger partial charge in [-0.15, -0.1) is 0 Å². The van der Waals surface area contributed by atoms with Crippen LogP contribution in [0.4, 0.5) is 23.0 Å². The molecule has 2 heterocycles. The van der Waals surface area contributed by atoms with Crippen molar-refractivity contribution >= 4 is 40.5 Å². The third kappa shape index (κ3) is 5.00. The Morgan fingerprint density at radius 1 is 1.22 bits per heavy atom. The molecule has 1 saturated heterocycles. The van der Waals surface area contributed by atoms with E-state index in [1.54, 1.807) is 11.9 Å². The van der Waals surface area contributed by atoms with Gasteiger partial charge < -0.3 is 9.80 Å². The minimum absolute atomic E-state index is 0.0611. The zero-order valence-electron chi connectivity index (χ0n) is 17.3. The first-order valence-electron chi connectivity index (χ1n) is 9.60. The SMILES string of the molecule is CN1CCC(N(C)c2ncnc(NNC(=O)c3ccc(Cl)c([N+](=O)[O-])c3)c2[N+](=O)[O-])CC1. The number of halogens is 1. The molecule has 3 rings (SSSR count). The van der Waals surface area contributed by atoms with Gasteiger partial charge in [-0.05, 0) is 45.1 Å². The summed E-state index contributed by atoms with van der Waals surface area (Å²) in [6.45, 7) is 1.73. The van der Waals surface area contributed by atoms with E-state index in [0.717, 1.165) is 38.3 Å². The first kappa shape index (κ1) is 23.1. The number of hydrazine groups is 1. The third-order valence-electron chi connectivity index (χ3n) is 5.25. The standard InChI is InChI=1S/C18H21ClN8O5/c1-24-7-5-12(6-8-24)25(2)17-15(27(31)32)16(20-10-21-17)22-23-18(28)11-3-4-13(19)14(9-11)26(29)30/h3-4,9-10,12H,5-8H2,1-2H3,(H,23,28)(H,20,21,22). The highest BCUT2D eigenvalue weighted by Crippen LogP contribution is 2.33. The fraction of sp³-hybridized carbons (Fsp3) is 0.389. The summed E-state index contributed by atoms with van der Waals surface area (Å²) in [5, 5.41) is 22.7. The highest BCUT2D eigenvalue weighted by molar-refractivity contribution is 6.32. The van der Waals surface area contributed by atoms with Crippen LogP contribution >= 0.6 is 11.6 Å². The van der Waals surface area contributed by atoms with Gasteiger partial charge in [-0.1, -0.05) is 11.6 Å². The summed E-state index contributed by atoms with van der Waals surface area (Å²) in [6.07, 6.45) is 2.81. The Morgan fingerprint density at radius 3 is 2.53 bits per heavy atom. The average molecular weight is 465 g/mol. The van der Waals surface area contributed by atoms with Crippen molar-refractivity contribution in [3.05, 3.63) is 55.3 Å². The predicted molar refractivity (Wildman–Crippen MR) is 117 cm³/mol. The quantitative estimate of drug-likeness (QED) is 0.459. The topological polar surface area (TPSA) is 160 Å². The van der Waals surface area contributed by atoms with E-state index in [1.165, 1.54) is 12.1 Å². The van der Waals surface area contributed by atoms with Crippen molar-refractivity contribution in [1.29, 1.82) is 0 Å². The van der Waals surface area contributed by atoms with Crippen LogP contribution in [0.1, 0.15) is 23.2 Å². The summed E-state index contributed by atoms with van der Waals surface area (Å²) in [6, 6.07) is 3.58. The maximum Gasteiger partial charge on any atom is 0.355 e. The molecule has 14 heteroatoms. The van der Waals surface area contributed by atoms with Gasteiger partial charge in [0.2, 0.25) is 11.6 Å². The molecular formula is C18H21ClN8O5. The molecule has 0 unspecified atom stereocenters. The monoisotopic (exact) mass is 464 g/mol. The normalized spacial score (nSPS) is 14.6. The third-order valence-corrected chi connectivity index (χ3v) is 5.57. The molecule has 2 aromatic rings. The lowest BCUT2D eigenvalue weighted by Gasteiger charge is -2.35. The molecule has 1 amide bonds. The van der Waals surface area contributed by atoms with Crippen LogP contribution in [0.15, 0.2) is 24.5 Å². The smallest absolute Gasteiger partial charge is 0.351 e. The summed E-state index contributed by atoms with van der Waals surface area (Å²) in [4.78, 5) is 45.8. The van der Waals surface area contributed by atoms with E-state index < -0.39 is 27.1 Å². The first-order valence-corrected chi connectivity index (χ1v) is 9.98. The fourth-order valence-corrected chi connectivity index (χ4v) is 3.61. The maximum absolute atomic E-state index is 12.4. The van der Waals surface area contributed by atoms with Crippen LogP contribution in [0.2, 0.25) is 5.02 Å². The van der Waals surface area contributed by atoms with Crippen LogP contribution in [-0.2, 0) is 0 Å². The number of benzene rings is 1. The van der Waals surface area contributed by atoms with E-state index in [0.29, 0.717) is 0 Å². The molecule has 0 bridgehead atoms. The number of nitrogens with one attached hydrogen (secondary N) is 2. The van der Waals surface area contributed by atoms with Gasteiger partial charge in [-0.25, -0.2) is 9.97 Å². The molecule has 1 aliphatic heterocycles. The van der Waals surface area contributed by atoms with E-state index in [2.05, 4.69) is 25.7 Å². The molecule has 0 atom stereocenters. The summed E-state index contributed by atoms with van der Waals surface area (Å²) >= 11 is 5.76. The summed E-state index contributed by atoms with van der Waals surface area (Å²) in [5.74, 6) is -0.849. The number of anilines is 2. The molecule has 0 spiro atoms. The second kappa shape index (κ2) is 9.70. The van der Waals surface area contributed by atoms with Crippen LogP contribution in [0.5, 0.6) is 0 Å². The zero-order chi connectivity index (χ0) is 23.4. The van der Waals surface area contributed by atoms with E-state index in [4.69, 9.17) is 11.6 Å². The molecule has 13 nitrogen and oxygen atoms in total. The van der Waals surface area contributed by atoms with Crippen LogP contribution in [0.3, 0.4) is 0 Å². The van der Waals surface area contributed by atoms with Crippen LogP contribution in [-0.4, -0.2) is 63.8 Å². The second-order valence-corrected chi connectivity index (χ2v) is 7.71. The largest absolute Gasteiger partial charge is 0.355 e. The number of piperidine rings is 1. The molecular weight excluding hydrogens is 444 g/mol. The van der Waals surface area contributed by atoms with Gasteiger partial charge in [0, 0.05) is 24.7 Å². The number of likely N-dealkylation sites (tertiary alicyclic amines) is 1. The van der Waals surface area contributed by atoms with Gasteiger partial charge in [-0.2, -0.15) is 0 Å². The Labute approximate surface area is 187 Å². The number of nitro groups is 2. The molecule has 1 aromatic heterocycles. The fourth-order valence-electron chi connectivity index (χ4n) is 3.42. The molecule has 2 N–H and O–H groups in total. The molecule has 0 radical (unpaired) electrons. The van der Waals surface area contributed by atoms with Crippen LogP contribution in [0, 0.1) is 20.2 Å². The molecule has 32 heavy (non-hydrogen) atoms. The lowest BCUT2D eigenvalue weighted by molar-refractivity contribution is -0.384. The predicted octanol–water partition coefficient (Wildman–Crippen LogP) is 2.23. The number of nitrogens with zero attached hydrogens (tertiary/aromatic N) is 6. The van der Waals surface area contributed by atoms with Gasteiger partial charge in [0.25, 0.3) is 11.6 Å². The van der Waals surface area contributed by atoms with Crippen molar-refractivity contribution in [2.45, 2.75) is 18.9 Å². The van der Waals surface area contributed by atoms with Gasteiger partial charge >= 0.3 is 5.69 Å². The second-order valence-electron chi connectivity index (χ2n) is 7.30. The number of nitro benzene ring substituents is 1. The number of amides is 1. The molecule has 0 aliphatic carbocycles. The van der Waals surface area contributed by atoms with Crippen LogP contribution < -0.4 is 15.8 Å². The Hall–Kier alpha value is -3.58. The number of hydrogen-bond acceptors (Lipinski definition) is 10. The summed E-state index contributed by atoms with van der Waals surface area (Å²) in [7, 11) is 3.75. The molecule has 1 aromatic carbocycles. The molecule has 170 valence electrons. The van der Waals surface area contributed by atoms with Crippen LogP contribution in [0.25, 0.3) is 0 Å². The van der Waals surface area contributed by atoms with Gasteiger partial charge in [0.1, 0.15) is 11.3 Å². The highest BCUT2D eigenvalue weighted by atomic mass is 35.5. The van der Waals surface area contributed by atoms with Gasteiger partial charge in [-0.3, -0.25) is 35.9 Å². The average Bonchev–Trinajstić information content (AvgIpc) is 2.77.